The molecule has 0 aromatic heterocycles. The molecule has 11 heteroatoms. The molecule has 2 heterocycles. The first-order chi connectivity index (χ1) is 18.2. The van der Waals surface area contributed by atoms with Crippen molar-refractivity contribution in [2.24, 2.45) is 11.8 Å². The standard InChI is InChI=1S/C28H28N2O9/c1-13-10-11-18-15(12-13)22(32)19-23(33)21(30(36)37)20(25(34)39-27(3,4)5)28(24(19)38-18)16-8-6-7-9-17(16)29(14(2)31)26(28)35/h6-12,19-21,23-24,33H,1-5H3/t19-,20+,21-,23-,24+,28-/m1/s1. The fraction of sp³-hybridized carbons (Fsp3) is 0.429. The van der Waals surface area contributed by atoms with Gasteiger partial charge in [-0.25, -0.2) is 4.90 Å². The fourth-order valence-corrected chi connectivity index (χ4v) is 6.29. The van der Waals surface area contributed by atoms with Crippen LogP contribution in [0, 0.1) is 28.9 Å². The second kappa shape index (κ2) is 8.70. The number of aliphatic hydroxyl groups is 1. The highest BCUT2D eigenvalue weighted by Crippen LogP contribution is 2.58. The molecule has 3 aliphatic rings. The molecular formula is C28H28N2O9. The maximum atomic E-state index is 14.5. The Bertz CT molecular complexity index is 1440. The Morgan fingerprint density at radius 1 is 1.15 bits per heavy atom. The first kappa shape index (κ1) is 26.5. The topological polar surface area (TPSA) is 153 Å². The molecule has 0 radical (unpaired) electrons. The van der Waals surface area contributed by atoms with Crippen molar-refractivity contribution < 1.29 is 38.7 Å². The Hall–Kier alpha value is -4.12. The van der Waals surface area contributed by atoms with Gasteiger partial charge < -0.3 is 14.6 Å². The lowest BCUT2D eigenvalue weighted by atomic mass is 9.53. The predicted octanol–water partition coefficient (Wildman–Crippen LogP) is 2.36. The first-order valence-electron chi connectivity index (χ1n) is 12.5. The summed E-state index contributed by atoms with van der Waals surface area (Å²) in [5.41, 5.74) is -2.30. The van der Waals surface area contributed by atoms with E-state index in [2.05, 4.69) is 0 Å². The van der Waals surface area contributed by atoms with Gasteiger partial charge in [0, 0.05) is 11.8 Å². The monoisotopic (exact) mass is 536 g/mol. The molecule has 1 spiro atoms. The van der Waals surface area contributed by atoms with Crippen molar-refractivity contribution in [1.29, 1.82) is 0 Å². The van der Waals surface area contributed by atoms with Crippen LogP contribution in [0.15, 0.2) is 42.5 Å². The summed E-state index contributed by atoms with van der Waals surface area (Å²) < 4.78 is 11.9. The fourth-order valence-electron chi connectivity index (χ4n) is 6.29. The Balaban J connectivity index is 1.87. The summed E-state index contributed by atoms with van der Waals surface area (Å²) in [6, 6.07) is 8.76. The number of para-hydroxylation sites is 1. The van der Waals surface area contributed by atoms with Gasteiger partial charge >= 0.3 is 5.97 Å². The highest BCUT2D eigenvalue weighted by atomic mass is 16.6. The van der Waals surface area contributed by atoms with E-state index >= 15 is 0 Å². The molecule has 39 heavy (non-hydrogen) atoms. The van der Waals surface area contributed by atoms with E-state index in [0.29, 0.717) is 5.56 Å². The normalized spacial score (nSPS) is 29.3. The maximum Gasteiger partial charge on any atom is 0.318 e. The summed E-state index contributed by atoms with van der Waals surface area (Å²) in [6.07, 6.45) is -3.55. The summed E-state index contributed by atoms with van der Waals surface area (Å²) in [6.45, 7) is 7.59. The van der Waals surface area contributed by atoms with Gasteiger partial charge in [0.2, 0.25) is 11.8 Å². The molecule has 2 aromatic rings. The van der Waals surface area contributed by atoms with Crippen LogP contribution in [0.1, 0.15) is 49.2 Å². The van der Waals surface area contributed by atoms with Gasteiger partial charge in [-0.3, -0.25) is 29.3 Å². The van der Waals surface area contributed by atoms with Crippen LogP contribution in [-0.4, -0.2) is 57.4 Å². The van der Waals surface area contributed by atoms with Crippen LogP contribution in [0.4, 0.5) is 5.69 Å². The van der Waals surface area contributed by atoms with Gasteiger partial charge in [-0.15, -0.1) is 0 Å². The number of carbonyl (C=O) groups excluding carboxylic acids is 4. The minimum atomic E-state index is -2.23. The summed E-state index contributed by atoms with van der Waals surface area (Å²) in [5.74, 6) is -6.83. The molecule has 5 rings (SSSR count). The minimum absolute atomic E-state index is 0.102. The number of hydrogen-bond donors (Lipinski definition) is 1. The highest BCUT2D eigenvalue weighted by molar-refractivity contribution is 6.24. The second-order valence-corrected chi connectivity index (χ2v) is 11.3. The molecule has 1 saturated carbocycles. The number of esters is 1. The number of hydrogen-bond acceptors (Lipinski definition) is 9. The smallest absolute Gasteiger partial charge is 0.318 e. The molecule has 11 nitrogen and oxygen atoms in total. The molecule has 2 amide bonds. The molecule has 0 unspecified atom stereocenters. The van der Waals surface area contributed by atoms with Crippen molar-refractivity contribution >= 4 is 29.3 Å². The molecule has 0 bridgehead atoms. The molecule has 0 saturated heterocycles. The number of carbonyl (C=O) groups is 4. The number of rotatable bonds is 2. The van der Waals surface area contributed by atoms with Crippen LogP contribution in [-0.2, 0) is 24.5 Å². The SMILES string of the molecule is CC(=O)N1C(=O)[C@]2(c3ccccc31)[C@H](C(=O)OC(C)(C)C)[C@@H]([N+](=O)[O-])[C@H](O)[C@H]1C(=O)c3cc(C)ccc3O[C@@H]12. The molecule has 2 aromatic carbocycles. The number of amides is 2. The van der Waals surface area contributed by atoms with Crippen molar-refractivity contribution in [1.82, 2.24) is 0 Å². The van der Waals surface area contributed by atoms with Gasteiger partial charge in [0.1, 0.15) is 34.9 Å². The molecule has 1 fully saturated rings. The van der Waals surface area contributed by atoms with Crippen LogP contribution >= 0.6 is 0 Å². The highest BCUT2D eigenvalue weighted by Gasteiger charge is 2.77. The number of nitrogens with zero attached hydrogens (tertiary/aromatic N) is 2. The van der Waals surface area contributed by atoms with Gasteiger partial charge in [-0.2, -0.15) is 0 Å². The number of Topliss-reactive ketones (excluding diaryl/α,β-unsaturated/α-hetero) is 1. The number of ether oxygens (including phenoxy) is 2. The largest absolute Gasteiger partial charge is 0.487 e. The predicted molar refractivity (Wildman–Crippen MR) is 136 cm³/mol. The molecule has 1 aliphatic carbocycles. The number of benzene rings is 2. The summed E-state index contributed by atoms with van der Waals surface area (Å²) in [4.78, 5) is 67.6. The van der Waals surface area contributed by atoms with E-state index in [1.807, 2.05) is 0 Å². The van der Waals surface area contributed by atoms with Crippen LogP contribution in [0.2, 0.25) is 0 Å². The van der Waals surface area contributed by atoms with Crippen molar-refractivity contribution in [3.8, 4) is 5.75 Å². The number of anilines is 1. The quantitative estimate of drug-likeness (QED) is 0.346. The molecule has 204 valence electrons. The van der Waals surface area contributed by atoms with Crippen molar-refractivity contribution in [2.45, 2.75) is 63.9 Å². The van der Waals surface area contributed by atoms with Crippen LogP contribution < -0.4 is 9.64 Å². The van der Waals surface area contributed by atoms with E-state index in [-0.39, 0.29) is 22.6 Å². The lowest BCUT2D eigenvalue weighted by Crippen LogP contribution is -2.74. The maximum absolute atomic E-state index is 14.5. The van der Waals surface area contributed by atoms with Crippen molar-refractivity contribution in [3.05, 3.63) is 69.3 Å². The van der Waals surface area contributed by atoms with E-state index < -0.39 is 69.6 Å². The molecule has 2 aliphatic heterocycles. The molecule has 6 atom stereocenters. The average Bonchev–Trinajstić information content (AvgIpc) is 3.09. The zero-order valence-corrected chi connectivity index (χ0v) is 22.0. The van der Waals surface area contributed by atoms with E-state index in [9.17, 15) is 34.4 Å². The summed E-state index contributed by atoms with van der Waals surface area (Å²) in [5, 5.41) is 24.0. The van der Waals surface area contributed by atoms with Crippen molar-refractivity contribution in [2.75, 3.05) is 4.90 Å². The Kier molecular flexibility index (Phi) is 5.91. The number of nitro groups is 1. The Morgan fingerprint density at radius 2 is 1.82 bits per heavy atom. The minimum Gasteiger partial charge on any atom is -0.487 e. The zero-order valence-electron chi connectivity index (χ0n) is 22.0. The van der Waals surface area contributed by atoms with Gasteiger partial charge in [0.15, 0.2) is 5.78 Å². The zero-order chi connectivity index (χ0) is 28.6. The number of ketones is 1. The van der Waals surface area contributed by atoms with Gasteiger partial charge in [-0.1, -0.05) is 29.8 Å². The third-order valence-electron chi connectivity index (χ3n) is 7.65. The number of fused-ring (bicyclic) bond motifs is 5. The van der Waals surface area contributed by atoms with Crippen LogP contribution in [0.5, 0.6) is 5.75 Å². The number of imide groups is 1. The Morgan fingerprint density at radius 3 is 2.44 bits per heavy atom. The van der Waals surface area contributed by atoms with Gasteiger partial charge in [0.05, 0.1) is 17.2 Å². The second-order valence-electron chi connectivity index (χ2n) is 11.3. The van der Waals surface area contributed by atoms with Gasteiger partial charge in [-0.05, 0) is 51.5 Å². The van der Waals surface area contributed by atoms with E-state index in [1.165, 1.54) is 18.2 Å². The Labute approximate surface area is 223 Å². The molecule has 1 N–H and O–H groups in total. The lowest BCUT2D eigenvalue weighted by Gasteiger charge is -2.51. The van der Waals surface area contributed by atoms with Crippen LogP contribution in [0.25, 0.3) is 0 Å². The van der Waals surface area contributed by atoms with Crippen molar-refractivity contribution in [3.63, 3.8) is 0 Å². The number of aliphatic hydroxyl groups excluding tert-OH is 1. The molecular weight excluding hydrogens is 508 g/mol. The van der Waals surface area contributed by atoms with E-state index in [0.717, 1.165) is 11.8 Å². The lowest BCUT2D eigenvalue weighted by molar-refractivity contribution is -0.550. The summed E-state index contributed by atoms with van der Waals surface area (Å²) >= 11 is 0. The first-order valence-corrected chi connectivity index (χ1v) is 12.5. The average molecular weight is 537 g/mol. The number of aryl methyl sites for hydroxylation is 1. The van der Waals surface area contributed by atoms with E-state index in [1.54, 1.807) is 52.0 Å². The third kappa shape index (κ3) is 3.67. The van der Waals surface area contributed by atoms with Crippen LogP contribution in [0.3, 0.4) is 0 Å². The van der Waals surface area contributed by atoms with E-state index in [4.69, 9.17) is 9.47 Å². The summed E-state index contributed by atoms with van der Waals surface area (Å²) in [7, 11) is 0. The third-order valence-corrected chi connectivity index (χ3v) is 7.65. The van der Waals surface area contributed by atoms with Gasteiger partial charge in [0.25, 0.3) is 6.04 Å².